The Morgan fingerprint density at radius 1 is 1.21 bits per heavy atom. The number of carbonyl (C=O) groups is 2. The van der Waals surface area contributed by atoms with Gasteiger partial charge in [0.1, 0.15) is 10.8 Å². The van der Waals surface area contributed by atoms with Crippen LogP contribution in [0.2, 0.25) is 0 Å². The Bertz CT molecular complexity index is 1110. The van der Waals surface area contributed by atoms with E-state index in [1.54, 1.807) is 6.07 Å². The number of anilines is 1. The molecule has 0 saturated heterocycles. The van der Waals surface area contributed by atoms with Gasteiger partial charge in [-0.2, -0.15) is 0 Å². The molecule has 5 nitrogen and oxygen atoms in total. The van der Waals surface area contributed by atoms with Crippen molar-refractivity contribution >= 4 is 54.9 Å². The van der Waals surface area contributed by atoms with Crippen molar-refractivity contribution in [3.63, 3.8) is 0 Å². The fourth-order valence-electron chi connectivity index (χ4n) is 3.74. The summed E-state index contributed by atoms with van der Waals surface area (Å²) in [6.45, 7) is 0. The van der Waals surface area contributed by atoms with Gasteiger partial charge in [0.15, 0.2) is 0 Å². The van der Waals surface area contributed by atoms with Crippen molar-refractivity contribution in [1.29, 1.82) is 0 Å². The van der Waals surface area contributed by atoms with Crippen molar-refractivity contribution in [2.24, 2.45) is 5.73 Å². The van der Waals surface area contributed by atoms with Gasteiger partial charge in [-0.05, 0) is 64.0 Å². The van der Waals surface area contributed by atoms with E-state index in [0.717, 1.165) is 51.4 Å². The van der Waals surface area contributed by atoms with E-state index >= 15 is 0 Å². The van der Waals surface area contributed by atoms with Gasteiger partial charge in [-0.3, -0.25) is 9.59 Å². The molecule has 0 unspecified atom stereocenters. The van der Waals surface area contributed by atoms with Crippen LogP contribution in [0.15, 0.2) is 34.8 Å². The predicted octanol–water partition coefficient (Wildman–Crippen LogP) is 4.90. The molecule has 28 heavy (non-hydrogen) atoms. The van der Waals surface area contributed by atoms with Crippen LogP contribution in [0.25, 0.3) is 10.8 Å². The van der Waals surface area contributed by atoms with E-state index in [-0.39, 0.29) is 5.91 Å². The summed E-state index contributed by atoms with van der Waals surface area (Å²) in [5.74, 6) is -0.371. The second-order valence-corrected chi connectivity index (χ2v) is 8.62. The number of benzene rings is 2. The summed E-state index contributed by atoms with van der Waals surface area (Å²) in [4.78, 5) is 26.3. The average molecular weight is 459 g/mol. The molecule has 0 saturated carbocycles. The highest BCUT2D eigenvalue weighted by molar-refractivity contribution is 9.10. The number of hydrogen-bond donors (Lipinski definition) is 2. The predicted molar refractivity (Wildman–Crippen MR) is 116 cm³/mol. The Balaban J connectivity index is 1.77. The molecule has 0 radical (unpaired) electrons. The van der Waals surface area contributed by atoms with Crippen LogP contribution in [-0.4, -0.2) is 18.9 Å². The number of nitrogens with one attached hydrogen (secondary N) is 1. The number of primary amides is 1. The van der Waals surface area contributed by atoms with Crippen LogP contribution >= 0.6 is 27.3 Å². The van der Waals surface area contributed by atoms with Crippen molar-refractivity contribution < 1.29 is 14.3 Å². The van der Waals surface area contributed by atoms with Crippen molar-refractivity contribution in [2.45, 2.75) is 25.7 Å². The number of ether oxygens (including phenoxy) is 1. The van der Waals surface area contributed by atoms with Crippen LogP contribution in [0, 0.1) is 0 Å². The Kier molecular flexibility index (Phi) is 5.12. The normalized spacial score (nSPS) is 13.2. The molecule has 1 aliphatic carbocycles. The first-order valence-electron chi connectivity index (χ1n) is 9.02. The fraction of sp³-hybridized carbons (Fsp3) is 0.238. The fourth-order valence-corrected chi connectivity index (χ4v) is 5.76. The summed E-state index contributed by atoms with van der Waals surface area (Å²) in [6.07, 6.45) is 3.86. The second kappa shape index (κ2) is 7.56. The number of methoxy groups -OCH3 is 1. The zero-order chi connectivity index (χ0) is 19.8. The maximum Gasteiger partial charge on any atom is 0.260 e. The monoisotopic (exact) mass is 458 g/mol. The molecule has 3 N–H and O–H groups in total. The minimum atomic E-state index is -0.499. The van der Waals surface area contributed by atoms with Crippen LogP contribution in [0.3, 0.4) is 0 Å². The summed E-state index contributed by atoms with van der Waals surface area (Å²) >= 11 is 5.00. The molecule has 3 aromatic rings. The molecule has 2 amide bonds. The van der Waals surface area contributed by atoms with Crippen molar-refractivity contribution in [3.8, 4) is 5.75 Å². The molecule has 2 aromatic carbocycles. The van der Waals surface area contributed by atoms with Crippen LogP contribution in [0.1, 0.15) is 44.0 Å². The molecule has 0 atom stereocenters. The van der Waals surface area contributed by atoms with Crippen molar-refractivity contribution in [3.05, 3.63) is 56.4 Å². The highest BCUT2D eigenvalue weighted by atomic mass is 79.9. The second-order valence-electron chi connectivity index (χ2n) is 6.73. The quantitative estimate of drug-likeness (QED) is 0.582. The minimum Gasteiger partial charge on any atom is -0.495 e. The average Bonchev–Trinajstić information content (AvgIpc) is 3.05. The number of halogens is 1. The first-order chi connectivity index (χ1) is 13.5. The molecule has 7 heteroatoms. The van der Waals surface area contributed by atoms with Gasteiger partial charge in [0.25, 0.3) is 11.8 Å². The lowest BCUT2D eigenvalue weighted by Gasteiger charge is -2.14. The molecule has 0 bridgehead atoms. The van der Waals surface area contributed by atoms with Gasteiger partial charge in [-0.25, -0.2) is 0 Å². The van der Waals surface area contributed by atoms with E-state index < -0.39 is 5.91 Å². The smallest absolute Gasteiger partial charge is 0.260 e. The Labute approximate surface area is 175 Å². The van der Waals surface area contributed by atoms with Crippen LogP contribution in [0.4, 0.5) is 5.00 Å². The molecule has 1 aliphatic rings. The number of nitrogens with two attached hydrogens (primary N) is 1. The lowest BCUT2D eigenvalue weighted by Crippen LogP contribution is -2.19. The highest BCUT2D eigenvalue weighted by Crippen LogP contribution is 2.40. The first kappa shape index (κ1) is 19.0. The summed E-state index contributed by atoms with van der Waals surface area (Å²) in [5.41, 5.74) is 7.48. The Morgan fingerprint density at radius 2 is 1.96 bits per heavy atom. The van der Waals surface area contributed by atoms with Gasteiger partial charge < -0.3 is 15.8 Å². The third-order valence-corrected chi connectivity index (χ3v) is 7.03. The topological polar surface area (TPSA) is 81.4 Å². The molecule has 1 heterocycles. The van der Waals surface area contributed by atoms with Gasteiger partial charge in [0, 0.05) is 4.88 Å². The number of hydrogen-bond acceptors (Lipinski definition) is 4. The number of carbonyl (C=O) groups excluding carboxylic acids is 2. The zero-order valence-corrected chi connectivity index (χ0v) is 17.7. The number of amides is 2. The summed E-state index contributed by atoms with van der Waals surface area (Å²) in [6, 6.07) is 9.55. The standard InChI is InChI=1S/C21H19BrN2O3S/c1-27-18-14(10-11-6-2-3-7-12(11)17(18)22)20(26)24-21-16(19(23)25)13-8-4-5-9-15(13)28-21/h2-3,6-7,10H,4-5,8-9H2,1H3,(H2,23,25)(H,24,26). The van der Waals surface area contributed by atoms with Crippen molar-refractivity contribution in [1.82, 2.24) is 0 Å². The number of thiophene rings is 1. The molecule has 144 valence electrons. The van der Waals surface area contributed by atoms with Gasteiger partial charge in [-0.1, -0.05) is 24.3 Å². The lowest BCUT2D eigenvalue weighted by molar-refractivity contribution is 0.100. The highest BCUT2D eigenvalue weighted by Gasteiger charge is 2.26. The minimum absolute atomic E-state index is 0.329. The van der Waals surface area contributed by atoms with Crippen LogP contribution in [-0.2, 0) is 12.8 Å². The molecule has 4 rings (SSSR count). The SMILES string of the molecule is COc1c(C(=O)Nc2sc3c(c2C(N)=O)CCCC3)cc2ccccc2c1Br. The molecular formula is C21H19BrN2O3S. The number of fused-ring (bicyclic) bond motifs is 2. The molecule has 0 spiro atoms. The summed E-state index contributed by atoms with van der Waals surface area (Å²) < 4.78 is 6.23. The molecule has 0 fully saturated rings. The molecule has 1 aromatic heterocycles. The first-order valence-corrected chi connectivity index (χ1v) is 10.6. The third kappa shape index (κ3) is 3.18. The largest absolute Gasteiger partial charge is 0.495 e. The summed E-state index contributed by atoms with van der Waals surface area (Å²) in [5, 5.41) is 5.31. The van der Waals surface area contributed by atoms with E-state index in [2.05, 4.69) is 21.2 Å². The van der Waals surface area contributed by atoms with E-state index in [1.807, 2.05) is 24.3 Å². The number of aryl methyl sites for hydroxylation is 1. The van der Waals surface area contributed by atoms with Gasteiger partial charge in [0.2, 0.25) is 0 Å². The van der Waals surface area contributed by atoms with E-state index in [0.29, 0.717) is 21.9 Å². The maximum atomic E-state index is 13.1. The molecule has 0 aliphatic heterocycles. The van der Waals surface area contributed by atoms with E-state index in [1.165, 1.54) is 18.4 Å². The zero-order valence-electron chi connectivity index (χ0n) is 15.3. The third-order valence-electron chi connectivity index (χ3n) is 5.03. The maximum absolute atomic E-state index is 13.1. The van der Waals surface area contributed by atoms with Gasteiger partial charge >= 0.3 is 0 Å². The number of rotatable bonds is 4. The van der Waals surface area contributed by atoms with E-state index in [4.69, 9.17) is 10.5 Å². The lowest BCUT2D eigenvalue weighted by atomic mass is 9.95. The van der Waals surface area contributed by atoms with Gasteiger partial charge in [-0.15, -0.1) is 11.3 Å². The molecular weight excluding hydrogens is 440 g/mol. The van der Waals surface area contributed by atoms with Gasteiger partial charge in [0.05, 0.1) is 22.7 Å². The van der Waals surface area contributed by atoms with Crippen molar-refractivity contribution in [2.75, 3.05) is 12.4 Å². The van der Waals surface area contributed by atoms with Crippen LogP contribution < -0.4 is 15.8 Å². The Morgan fingerprint density at radius 3 is 2.71 bits per heavy atom. The Hall–Kier alpha value is -2.38. The van der Waals surface area contributed by atoms with Crippen LogP contribution in [0.5, 0.6) is 5.75 Å². The summed E-state index contributed by atoms with van der Waals surface area (Å²) in [7, 11) is 1.53. The van der Waals surface area contributed by atoms with E-state index in [9.17, 15) is 9.59 Å².